The van der Waals surface area contributed by atoms with Gasteiger partial charge in [-0.05, 0) is 45.6 Å². The van der Waals surface area contributed by atoms with Gasteiger partial charge in [0.1, 0.15) is 0 Å². The molecule has 2 fully saturated rings. The molecule has 0 aromatic heterocycles. The molecule has 0 aromatic rings. The van der Waals surface area contributed by atoms with E-state index in [4.69, 9.17) is 0 Å². The number of halogens is 1. The molecule has 0 bridgehead atoms. The molecule has 0 radical (unpaired) electrons. The molecule has 1 N–H and O–H groups in total. The van der Waals surface area contributed by atoms with Gasteiger partial charge in [-0.25, -0.2) is 0 Å². The zero-order valence-corrected chi connectivity index (χ0v) is 9.77. The Bertz CT molecular complexity index is 200. The van der Waals surface area contributed by atoms with E-state index in [1.54, 1.807) is 0 Å². The number of rotatable bonds is 3. The van der Waals surface area contributed by atoms with Gasteiger partial charge < -0.3 is 5.32 Å². The Morgan fingerprint density at radius 2 is 2.33 bits per heavy atom. The molecule has 0 saturated carbocycles. The van der Waals surface area contributed by atoms with Crippen LogP contribution in [0.15, 0.2) is 0 Å². The lowest BCUT2D eigenvalue weighted by Crippen LogP contribution is -2.56. The highest BCUT2D eigenvalue weighted by atomic mass is 19.1. The summed E-state index contributed by atoms with van der Waals surface area (Å²) in [5.74, 6) is 0. The van der Waals surface area contributed by atoms with Gasteiger partial charge in [0, 0.05) is 24.7 Å². The maximum absolute atomic E-state index is 12.2. The second-order valence-electron chi connectivity index (χ2n) is 5.18. The number of alkyl halides is 1. The van der Waals surface area contributed by atoms with E-state index >= 15 is 0 Å². The number of nitrogens with one attached hydrogen (secondary N) is 1. The second-order valence-corrected chi connectivity index (χ2v) is 5.18. The third-order valence-corrected chi connectivity index (χ3v) is 4.12. The molecule has 88 valence electrons. The van der Waals surface area contributed by atoms with Crippen molar-refractivity contribution in [2.24, 2.45) is 0 Å². The third kappa shape index (κ3) is 2.34. The van der Waals surface area contributed by atoms with Crippen LogP contribution in [0.3, 0.4) is 0 Å². The topological polar surface area (TPSA) is 15.3 Å². The van der Waals surface area contributed by atoms with Crippen LogP contribution in [0.1, 0.15) is 39.0 Å². The Balaban J connectivity index is 1.93. The quantitative estimate of drug-likeness (QED) is 0.772. The summed E-state index contributed by atoms with van der Waals surface area (Å²) < 4.78 is 12.2. The van der Waals surface area contributed by atoms with E-state index in [0.29, 0.717) is 18.0 Å². The first-order valence-corrected chi connectivity index (χ1v) is 6.31. The van der Waals surface area contributed by atoms with Gasteiger partial charge in [0.25, 0.3) is 0 Å². The smallest absolute Gasteiger partial charge is 0.0906 e. The lowest BCUT2D eigenvalue weighted by atomic mass is 9.85. The van der Waals surface area contributed by atoms with Crippen molar-refractivity contribution < 1.29 is 4.39 Å². The van der Waals surface area contributed by atoms with E-state index < -0.39 is 0 Å². The molecule has 2 aliphatic heterocycles. The largest absolute Gasteiger partial charge is 0.312 e. The fraction of sp³-hybridized carbons (Fsp3) is 1.00. The predicted molar refractivity (Wildman–Crippen MR) is 60.8 cm³/mol. The summed E-state index contributed by atoms with van der Waals surface area (Å²) in [5, 5.41) is 3.59. The summed E-state index contributed by atoms with van der Waals surface area (Å²) in [6.07, 6.45) is 5.87. The summed E-state index contributed by atoms with van der Waals surface area (Å²) >= 11 is 0. The first-order valence-electron chi connectivity index (χ1n) is 6.31. The van der Waals surface area contributed by atoms with Crippen LogP contribution < -0.4 is 5.32 Å². The molecule has 2 nitrogen and oxygen atoms in total. The van der Waals surface area contributed by atoms with Crippen molar-refractivity contribution in [3.63, 3.8) is 0 Å². The van der Waals surface area contributed by atoms with Gasteiger partial charge in [-0.15, -0.1) is 0 Å². The Morgan fingerprint density at radius 1 is 1.47 bits per heavy atom. The zero-order valence-electron chi connectivity index (χ0n) is 9.77. The molecule has 0 aliphatic carbocycles. The predicted octanol–water partition coefficient (Wildman–Crippen LogP) is 1.95. The third-order valence-electron chi connectivity index (χ3n) is 4.12. The first kappa shape index (κ1) is 11.3. The number of likely N-dealkylation sites (tertiary alicyclic amines) is 1. The first-order chi connectivity index (χ1) is 7.27. The van der Waals surface area contributed by atoms with E-state index in [9.17, 15) is 4.39 Å². The summed E-state index contributed by atoms with van der Waals surface area (Å²) in [6.45, 7) is 5.33. The minimum absolute atomic E-state index is 0.170. The van der Waals surface area contributed by atoms with Gasteiger partial charge in [-0.2, -0.15) is 0 Å². The number of hydrogen-bond donors (Lipinski definition) is 1. The molecule has 0 amide bonds. The molecule has 3 heteroatoms. The Hall–Kier alpha value is -0.150. The molecular weight excluding hydrogens is 191 g/mol. The molecule has 2 atom stereocenters. The normalized spacial score (nSPS) is 37.6. The molecular formula is C12H23FN2. The highest BCUT2D eigenvalue weighted by Crippen LogP contribution is 2.35. The molecule has 2 saturated heterocycles. The van der Waals surface area contributed by atoms with Crippen LogP contribution in [0.5, 0.6) is 0 Å². The van der Waals surface area contributed by atoms with E-state index in [1.807, 2.05) is 0 Å². The number of hydrogen-bond acceptors (Lipinski definition) is 2. The van der Waals surface area contributed by atoms with Gasteiger partial charge in [-0.1, -0.05) is 0 Å². The van der Waals surface area contributed by atoms with Gasteiger partial charge in [0.15, 0.2) is 0 Å². The van der Waals surface area contributed by atoms with Crippen molar-refractivity contribution >= 4 is 0 Å². The van der Waals surface area contributed by atoms with Crippen molar-refractivity contribution in [2.45, 2.75) is 50.6 Å². The van der Waals surface area contributed by atoms with Crippen molar-refractivity contribution in [3.8, 4) is 0 Å². The van der Waals surface area contributed by atoms with Crippen molar-refractivity contribution in [1.82, 2.24) is 10.2 Å². The molecule has 1 spiro atoms. The standard InChI is InChI=1S/C12H23FN2/c1-11-4-6-12(10-14-11)5-2-8-15(12)9-3-7-13/h11,14H,2-10H2,1H3. The Kier molecular flexibility index (Phi) is 3.62. The summed E-state index contributed by atoms with van der Waals surface area (Å²) in [7, 11) is 0. The minimum atomic E-state index is -0.170. The van der Waals surface area contributed by atoms with E-state index in [1.165, 1.54) is 32.2 Å². The lowest BCUT2D eigenvalue weighted by Gasteiger charge is -2.43. The number of piperidine rings is 1. The van der Waals surface area contributed by atoms with Crippen LogP contribution in [0.25, 0.3) is 0 Å². The Labute approximate surface area is 92.2 Å². The molecule has 2 rings (SSSR count). The van der Waals surface area contributed by atoms with Gasteiger partial charge in [-0.3, -0.25) is 9.29 Å². The van der Waals surface area contributed by atoms with Crippen molar-refractivity contribution in [1.29, 1.82) is 0 Å². The molecule has 2 unspecified atom stereocenters. The highest BCUT2D eigenvalue weighted by molar-refractivity contribution is 5.00. The van der Waals surface area contributed by atoms with Crippen LogP contribution >= 0.6 is 0 Å². The Morgan fingerprint density at radius 3 is 3.00 bits per heavy atom. The highest BCUT2D eigenvalue weighted by Gasteiger charge is 2.42. The minimum Gasteiger partial charge on any atom is -0.312 e. The van der Waals surface area contributed by atoms with Gasteiger partial charge in [0.05, 0.1) is 6.67 Å². The lowest BCUT2D eigenvalue weighted by molar-refractivity contribution is 0.0907. The molecule has 2 aliphatic rings. The molecule has 2 heterocycles. The molecule has 15 heavy (non-hydrogen) atoms. The van der Waals surface area contributed by atoms with Crippen molar-refractivity contribution in [3.05, 3.63) is 0 Å². The van der Waals surface area contributed by atoms with E-state index in [0.717, 1.165) is 13.1 Å². The monoisotopic (exact) mass is 214 g/mol. The SMILES string of the molecule is CC1CCC2(CCCN2CCCF)CN1. The van der Waals surface area contributed by atoms with Crippen LogP contribution in [0, 0.1) is 0 Å². The zero-order chi connectivity index (χ0) is 10.7. The van der Waals surface area contributed by atoms with Crippen LogP contribution in [-0.4, -0.2) is 42.8 Å². The molecule has 0 aromatic carbocycles. The van der Waals surface area contributed by atoms with E-state index in [-0.39, 0.29) is 6.67 Å². The van der Waals surface area contributed by atoms with Gasteiger partial charge >= 0.3 is 0 Å². The summed E-state index contributed by atoms with van der Waals surface area (Å²) in [5.41, 5.74) is 0.377. The van der Waals surface area contributed by atoms with Gasteiger partial charge in [0.2, 0.25) is 0 Å². The van der Waals surface area contributed by atoms with Crippen molar-refractivity contribution in [2.75, 3.05) is 26.3 Å². The average Bonchev–Trinajstić information content (AvgIpc) is 2.63. The summed E-state index contributed by atoms with van der Waals surface area (Å²) in [6, 6.07) is 0.666. The average molecular weight is 214 g/mol. The fourth-order valence-electron chi connectivity index (χ4n) is 3.12. The second kappa shape index (κ2) is 4.79. The number of nitrogens with zero attached hydrogens (tertiary/aromatic N) is 1. The fourth-order valence-corrected chi connectivity index (χ4v) is 3.12. The van der Waals surface area contributed by atoms with Crippen LogP contribution in [0.4, 0.5) is 4.39 Å². The van der Waals surface area contributed by atoms with E-state index in [2.05, 4.69) is 17.1 Å². The maximum atomic E-state index is 12.2. The van der Waals surface area contributed by atoms with Crippen LogP contribution in [0.2, 0.25) is 0 Å². The summed E-state index contributed by atoms with van der Waals surface area (Å²) in [4.78, 5) is 2.53. The van der Waals surface area contributed by atoms with Crippen LogP contribution in [-0.2, 0) is 0 Å². The maximum Gasteiger partial charge on any atom is 0.0906 e.